The maximum atomic E-state index is 11.9. The number of hydrogen-bond donors (Lipinski definition) is 4. The largest absolute Gasteiger partial charge is 0.346 e. The molecule has 0 aliphatic heterocycles. The van der Waals surface area contributed by atoms with Crippen LogP contribution in [-0.4, -0.2) is 29.4 Å². The van der Waals surface area contributed by atoms with E-state index in [1.165, 1.54) is 0 Å². The zero-order valence-electron chi connectivity index (χ0n) is 15.1. The van der Waals surface area contributed by atoms with Crippen LogP contribution < -0.4 is 21.7 Å². The van der Waals surface area contributed by atoms with Crippen molar-refractivity contribution in [1.29, 1.82) is 0 Å². The third kappa shape index (κ3) is 8.25. The molecule has 0 saturated heterocycles. The third-order valence-electron chi connectivity index (χ3n) is 3.54. The van der Waals surface area contributed by atoms with E-state index >= 15 is 0 Å². The van der Waals surface area contributed by atoms with Crippen molar-refractivity contribution >= 4 is 53.8 Å². The molecule has 0 aliphatic rings. The normalized spacial score (nSPS) is 10.8. The predicted octanol–water partition coefficient (Wildman–Crippen LogP) is 2.71. The molecular formula is C18H25Cl2N5O2. The summed E-state index contributed by atoms with van der Waals surface area (Å²) in [5, 5.41) is 8.34. The lowest BCUT2D eigenvalue weighted by molar-refractivity contribution is -0.125. The van der Waals surface area contributed by atoms with Crippen molar-refractivity contribution in [1.82, 2.24) is 10.3 Å². The molecule has 9 heteroatoms. The number of aromatic nitrogens is 1. The highest BCUT2D eigenvalue weighted by atomic mass is 35.5. The molecule has 7 nitrogen and oxygen atoms in total. The summed E-state index contributed by atoms with van der Waals surface area (Å²) in [6.07, 6.45) is 1.55. The molecule has 2 aromatic rings. The maximum absolute atomic E-state index is 11.9. The first kappa shape index (κ1) is 24.7. The minimum absolute atomic E-state index is 0. The number of anilines is 3. The smallest absolute Gasteiger partial charge is 0.243 e. The van der Waals surface area contributed by atoms with Gasteiger partial charge in [0.15, 0.2) is 0 Å². The van der Waals surface area contributed by atoms with E-state index in [0.29, 0.717) is 11.5 Å². The van der Waals surface area contributed by atoms with E-state index < -0.39 is 6.04 Å². The molecule has 0 aliphatic carbocycles. The molecule has 0 bridgehead atoms. The number of carbonyl (C=O) groups is 2. The molecule has 148 valence electrons. The molecule has 2 rings (SSSR count). The number of nitrogens with zero attached hydrogens (tertiary/aromatic N) is 1. The molecular weight excluding hydrogens is 389 g/mol. The quantitative estimate of drug-likeness (QED) is 0.557. The zero-order chi connectivity index (χ0) is 18.2. The van der Waals surface area contributed by atoms with Gasteiger partial charge < -0.3 is 21.7 Å². The topological polar surface area (TPSA) is 109 Å². The first-order chi connectivity index (χ1) is 12.0. The van der Waals surface area contributed by atoms with Crippen molar-refractivity contribution in [3.8, 4) is 0 Å². The molecule has 5 N–H and O–H groups in total. The van der Waals surface area contributed by atoms with Gasteiger partial charge in [-0.25, -0.2) is 4.98 Å². The summed E-state index contributed by atoms with van der Waals surface area (Å²) in [6.45, 7) is 3.56. The summed E-state index contributed by atoms with van der Waals surface area (Å²) in [4.78, 5) is 27.8. The second-order valence-corrected chi connectivity index (χ2v) is 5.96. The number of amides is 2. The van der Waals surface area contributed by atoms with Crippen LogP contribution in [0.1, 0.15) is 13.8 Å². The molecule has 2 amide bonds. The fourth-order valence-corrected chi connectivity index (χ4v) is 2.00. The lowest BCUT2D eigenvalue weighted by atomic mass is 10.1. The number of nitrogens with two attached hydrogens (primary N) is 1. The van der Waals surface area contributed by atoms with Gasteiger partial charge in [-0.1, -0.05) is 32.0 Å². The molecule has 1 aromatic heterocycles. The number of halogens is 2. The van der Waals surface area contributed by atoms with Crippen LogP contribution >= 0.6 is 24.8 Å². The molecule has 0 fully saturated rings. The van der Waals surface area contributed by atoms with Crippen LogP contribution in [-0.2, 0) is 9.59 Å². The Kier molecular flexibility index (Phi) is 11.1. The highest BCUT2D eigenvalue weighted by molar-refractivity contribution is 5.95. The fraction of sp³-hybridized carbons (Fsp3) is 0.278. The van der Waals surface area contributed by atoms with Gasteiger partial charge in [0.2, 0.25) is 11.8 Å². The van der Waals surface area contributed by atoms with Gasteiger partial charge in [-0.15, -0.1) is 24.8 Å². The van der Waals surface area contributed by atoms with Crippen LogP contribution in [0, 0.1) is 5.92 Å². The molecule has 0 spiro atoms. The van der Waals surface area contributed by atoms with Crippen LogP contribution in [0.5, 0.6) is 0 Å². The number of pyridine rings is 1. The minimum atomic E-state index is -0.627. The van der Waals surface area contributed by atoms with Crippen LogP contribution in [0.15, 0.2) is 48.7 Å². The van der Waals surface area contributed by atoms with Gasteiger partial charge in [0.1, 0.15) is 5.82 Å². The lowest BCUT2D eigenvalue weighted by Crippen LogP contribution is -2.46. The SMILES string of the molecule is CC(C)[C@H](N)C(=O)NCC(=O)Nc1ccc(Nc2ccccc2)nc1.Cl.Cl. The number of rotatable bonds is 7. The molecule has 1 aromatic carbocycles. The van der Waals surface area contributed by atoms with Gasteiger partial charge in [0, 0.05) is 5.69 Å². The van der Waals surface area contributed by atoms with Crippen molar-refractivity contribution in [2.45, 2.75) is 19.9 Å². The van der Waals surface area contributed by atoms with Crippen LogP contribution in [0.3, 0.4) is 0 Å². The molecule has 1 atom stereocenters. The van der Waals surface area contributed by atoms with E-state index in [9.17, 15) is 9.59 Å². The summed E-state index contributed by atoms with van der Waals surface area (Å²) in [7, 11) is 0. The third-order valence-corrected chi connectivity index (χ3v) is 3.54. The Balaban J connectivity index is 0.00000338. The molecule has 0 unspecified atom stereocenters. The Morgan fingerprint density at radius 2 is 1.70 bits per heavy atom. The summed E-state index contributed by atoms with van der Waals surface area (Å²) in [5.41, 5.74) is 7.19. The number of nitrogens with one attached hydrogen (secondary N) is 3. The van der Waals surface area contributed by atoms with Gasteiger partial charge >= 0.3 is 0 Å². The Labute approximate surface area is 171 Å². The van der Waals surface area contributed by atoms with E-state index in [1.54, 1.807) is 18.3 Å². The van der Waals surface area contributed by atoms with Gasteiger partial charge in [-0.05, 0) is 30.2 Å². The van der Waals surface area contributed by atoms with E-state index in [-0.39, 0.29) is 49.1 Å². The van der Waals surface area contributed by atoms with Gasteiger partial charge in [-0.2, -0.15) is 0 Å². The zero-order valence-corrected chi connectivity index (χ0v) is 16.8. The second kappa shape index (κ2) is 12.1. The molecule has 0 saturated carbocycles. The first-order valence-electron chi connectivity index (χ1n) is 8.07. The van der Waals surface area contributed by atoms with Crippen molar-refractivity contribution < 1.29 is 9.59 Å². The van der Waals surface area contributed by atoms with Crippen molar-refractivity contribution in [3.63, 3.8) is 0 Å². The monoisotopic (exact) mass is 413 g/mol. The summed E-state index contributed by atoms with van der Waals surface area (Å²) < 4.78 is 0. The predicted molar refractivity (Wildman–Crippen MR) is 113 cm³/mol. The average Bonchev–Trinajstić information content (AvgIpc) is 2.61. The number of benzene rings is 1. The number of carbonyl (C=O) groups excluding carboxylic acids is 2. The standard InChI is InChI=1S/C18H23N5O2.2ClH/c1-12(2)17(19)18(25)21-11-16(24)23-14-8-9-15(20-10-14)22-13-6-4-3-5-7-13;;/h3-10,12,17H,11,19H2,1-2H3,(H,20,22)(H,21,25)(H,23,24);2*1H/t17-;;/m0../s1. The van der Waals surface area contributed by atoms with Crippen molar-refractivity contribution in [2.24, 2.45) is 11.7 Å². The molecule has 0 radical (unpaired) electrons. The maximum Gasteiger partial charge on any atom is 0.243 e. The fourth-order valence-electron chi connectivity index (χ4n) is 2.00. The van der Waals surface area contributed by atoms with Crippen LogP contribution in [0.4, 0.5) is 17.2 Å². The van der Waals surface area contributed by atoms with Gasteiger partial charge in [0.05, 0.1) is 24.5 Å². The van der Waals surface area contributed by atoms with Crippen molar-refractivity contribution in [2.75, 3.05) is 17.2 Å². The van der Waals surface area contributed by atoms with Gasteiger partial charge in [-0.3, -0.25) is 9.59 Å². The van der Waals surface area contributed by atoms with E-state index in [4.69, 9.17) is 5.73 Å². The summed E-state index contributed by atoms with van der Waals surface area (Å²) in [6, 6.07) is 12.5. The van der Waals surface area contributed by atoms with E-state index in [2.05, 4.69) is 20.9 Å². The van der Waals surface area contributed by atoms with Crippen molar-refractivity contribution in [3.05, 3.63) is 48.7 Å². The Bertz CT molecular complexity index is 711. The lowest BCUT2D eigenvalue weighted by Gasteiger charge is -2.15. The molecule has 27 heavy (non-hydrogen) atoms. The van der Waals surface area contributed by atoms with Crippen LogP contribution in [0.25, 0.3) is 0 Å². The number of para-hydroxylation sites is 1. The number of hydrogen-bond acceptors (Lipinski definition) is 5. The Morgan fingerprint density at radius 1 is 1.04 bits per heavy atom. The summed E-state index contributed by atoms with van der Waals surface area (Å²) in [5.74, 6) is -0.00196. The minimum Gasteiger partial charge on any atom is -0.346 e. The highest BCUT2D eigenvalue weighted by Crippen LogP contribution is 2.15. The average molecular weight is 414 g/mol. The van der Waals surface area contributed by atoms with E-state index in [1.807, 2.05) is 44.2 Å². The summed E-state index contributed by atoms with van der Waals surface area (Å²) >= 11 is 0. The Morgan fingerprint density at radius 3 is 2.26 bits per heavy atom. The van der Waals surface area contributed by atoms with E-state index in [0.717, 1.165) is 5.69 Å². The van der Waals surface area contributed by atoms with Gasteiger partial charge in [0.25, 0.3) is 0 Å². The Hall–Kier alpha value is -2.35. The van der Waals surface area contributed by atoms with Crippen LogP contribution in [0.2, 0.25) is 0 Å². The molecule has 1 heterocycles. The highest BCUT2D eigenvalue weighted by Gasteiger charge is 2.17. The second-order valence-electron chi connectivity index (χ2n) is 5.96. The first-order valence-corrected chi connectivity index (χ1v) is 8.07.